The topological polar surface area (TPSA) is 58.4 Å². The lowest BCUT2D eigenvalue weighted by Crippen LogP contribution is -2.13. The molecule has 0 amide bonds. The molecule has 2 aromatic carbocycles. The summed E-state index contributed by atoms with van der Waals surface area (Å²) < 4.78 is 18.4. The highest BCUT2D eigenvalue weighted by atomic mass is 35.5. The van der Waals surface area contributed by atoms with Crippen molar-refractivity contribution < 1.29 is 14.2 Å². The number of hydrogen-bond acceptors (Lipinski definition) is 6. The van der Waals surface area contributed by atoms with Crippen LogP contribution >= 0.6 is 23.4 Å². The number of benzene rings is 2. The summed E-state index contributed by atoms with van der Waals surface area (Å²) in [6, 6.07) is 11.7. The second-order valence-electron chi connectivity index (χ2n) is 6.23. The number of methoxy groups -OCH3 is 1. The maximum absolute atomic E-state index is 6.27. The molecule has 0 spiro atoms. The average Bonchev–Trinajstić information content (AvgIpc) is 3.14. The molecule has 0 saturated carbocycles. The fourth-order valence-electron chi connectivity index (χ4n) is 3.14. The van der Waals surface area contributed by atoms with Gasteiger partial charge in [-0.2, -0.15) is 0 Å². The van der Waals surface area contributed by atoms with Crippen LogP contribution in [0.3, 0.4) is 0 Å². The third kappa shape index (κ3) is 3.83. The predicted molar refractivity (Wildman–Crippen MR) is 109 cm³/mol. The van der Waals surface area contributed by atoms with Crippen molar-refractivity contribution >= 4 is 23.4 Å². The Morgan fingerprint density at radius 2 is 2.04 bits per heavy atom. The lowest BCUT2D eigenvalue weighted by Gasteiger charge is -2.21. The maximum Gasteiger partial charge on any atom is 0.191 e. The van der Waals surface area contributed by atoms with Gasteiger partial charge in [-0.15, -0.1) is 10.2 Å². The van der Waals surface area contributed by atoms with Gasteiger partial charge in [-0.25, -0.2) is 0 Å². The van der Waals surface area contributed by atoms with E-state index < -0.39 is 0 Å². The number of rotatable bonds is 6. The van der Waals surface area contributed by atoms with Gasteiger partial charge in [0.25, 0.3) is 0 Å². The highest BCUT2D eigenvalue weighted by molar-refractivity contribution is 7.98. The van der Waals surface area contributed by atoms with Crippen LogP contribution in [-0.4, -0.2) is 28.7 Å². The fourth-order valence-corrected chi connectivity index (χ4v) is 4.37. The van der Waals surface area contributed by atoms with E-state index >= 15 is 0 Å². The molecule has 0 radical (unpaired) electrons. The third-order valence-electron chi connectivity index (χ3n) is 4.49. The number of halogens is 1. The van der Waals surface area contributed by atoms with Crippen LogP contribution in [0, 0.1) is 0 Å². The van der Waals surface area contributed by atoms with Crippen LogP contribution < -0.4 is 9.47 Å². The van der Waals surface area contributed by atoms with Crippen LogP contribution in [0.4, 0.5) is 0 Å². The first kappa shape index (κ1) is 19.1. The van der Waals surface area contributed by atoms with E-state index in [1.807, 2.05) is 36.4 Å². The van der Waals surface area contributed by atoms with E-state index in [9.17, 15) is 0 Å². The minimum absolute atomic E-state index is 0.263. The standard InChI is InChI=1S/C20H20ClN3O3S/c1-3-24-19(13-4-6-17(25-2)7-5-13)22-23-20(24)28-11-15-9-16(21)8-14-10-26-12-27-18(14)15/h4-9H,3,10-12H2,1-2H3. The van der Waals surface area contributed by atoms with E-state index in [2.05, 4.69) is 21.7 Å². The molecule has 0 bridgehead atoms. The minimum Gasteiger partial charge on any atom is -0.497 e. The molecule has 8 heteroatoms. The molecule has 0 N–H and O–H groups in total. The molecule has 0 fully saturated rings. The SMILES string of the molecule is CCn1c(SCc2cc(Cl)cc3c2OCOC3)nnc1-c1ccc(OC)cc1. The van der Waals surface area contributed by atoms with Gasteiger partial charge in [0.15, 0.2) is 17.8 Å². The lowest BCUT2D eigenvalue weighted by atomic mass is 10.1. The monoisotopic (exact) mass is 417 g/mol. The van der Waals surface area contributed by atoms with Crippen molar-refractivity contribution in [3.05, 3.63) is 52.5 Å². The molecule has 146 valence electrons. The Kier molecular flexibility index (Phi) is 5.75. The fraction of sp³-hybridized carbons (Fsp3) is 0.300. The van der Waals surface area contributed by atoms with Crippen molar-refractivity contribution in [2.24, 2.45) is 0 Å². The number of nitrogens with zero attached hydrogens (tertiary/aromatic N) is 3. The molecule has 0 aliphatic carbocycles. The molecule has 4 rings (SSSR count). The van der Waals surface area contributed by atoms with Crippen molar-refractivity contribution in [2.45, 2.75) is 31.0 Å². The molecule has 2 heterocycles. The quantitative estimate of drug-likeness (QED) is 0.537. The van der Waals surface area contributed by atoms with E-state index in [1.165, 1.54) is 0 Å². The second-order valence-corrected chi connectivity index (χ2v) is 7.61. The third-order valence-corrected chi connectivity index (χ3v) is 5.72. The summed E-state index contributed by atoms with van der Waals surface area (Å²) in [6.07, 6.45) is 0. The van der Waals surface area contributed by atoms with Crippen LogP contribution in [0.2, 0.25) is 5.02 Å². The molecule has 0 saturated heterocycles. The van der Waals surface area contributed by atoms with Gasteiger partial charge in [0.2, 0.25) is 0 Å². The van der Waals surface area contributed by atoms with Gasteiger partial charge in [0, 0.05) is 34.0 Å². The van der Waals surface area contributed by atoms with Crippen LogP contribution in [0.5, 0.6) is 11.5 Å². The number of fused-ring (bicyclic) bond motifs is 1. The van der Waals surface area contributed by atoms with Gasteiger partial charge < -0.3 is 18.8 Å². The smallest absolute Gasteiger partial charge is 0.191 e. The zero-order valence-corrected chi connectivity index (χ0v) is 17.2. The van der Waals surface area contributed by atoms with Gasteiger partial charge in [0.1, 0.15) is 11.5 Å². The van der Waals surface area contributed by atoms with E-state index in [0.717, 1.165) is 45.7 Å². The Morgan fingerprint density at radius 3 is 2.79 bits per heavy atom. The van der Waals surface area contributed by atoms with Gasteiger partial charge in [-0.3, -0.25) is 0 Å². The van der Waals surface area contributed by atoms with Crippen LogP contribution in [0.1, 0.15) is 18.1 Å². The molecular formula is C20H20ClN3O3S. The van der Waals surface area contributed by atoms with Crippen molar-refractivity contribution in [1.82, 2.24) is 14.8 Å². The van der Waals surface area contributed by atoms with Crippen molar-refractivity contribution in [1.29, 1.82) is 0 Å². The molecule has 1 aliphatic heterocycles. The Balaban J connectivity index is 1.58. The van der Waals surface area contributed by atoms with Crippen molar-refractivity contribution in [2.75, 3.05) is 13.9 Å². The van der Waals surface area contributed by atoms with Crippen LogP contribution in [0.25, 0.3) is 11.4 Å². The normalized spacial score (nSPS) is 13.1. The summed E-state index contributed by atoms with van der Waals surface area (Å²) in [5, 5.41) is 10.3. The first-order chi connectivity index (χ1) is 13.7. The molecular weight excluding hydrogens is 398 g/mol. The molecule has 6 nitrogen and oxygen atoms in total. The zero-order valence-electron chi connectivity index (χ0n) is 15.6. The number of ether oxygens (including phenoxy) is 3. The van der Waals surface area contributed by atoms with Crippen LogP contribution in [-0.2, 0) is 23.6 Å². The summed E-state index contributed by atoms with van der Waals surface area (Å²) in [4.78, 5) is 0. The average molecular weight is 418 g/mol. The van der Waals surface area contributed by atoms with E-state index in [-0.39, 0.29) is 6.79 Å². The molecule has 28 heavy (non-hydrogen) atoms. The number of aromatic nitrogens is 3. The van der Waals surface area contributed by atoms with Gasteiger partial charge >= 0.3 is 0 Å². The Hall–Kier alpha value is -2.22. The molecule has 3 aromatic rings. The zero-order chi connectivity index (χ0) is 19.5. The van der Waals surface area contributed by atoms with Gasteiger partial charge in [-0.1, -0.05) is 23.4 Å². The first-order valence-corrected chi connectivity index (χ1v) is 10.3. The Morgan fingerprint density at radius 1 is 1.21 bits per heavy atom. The summed E-state index contributed by atoms with van der Waals surface area (Å²) in [6.45, 7) is 3.64. The first-order valence-electron chi connectivity index (χ1n) is 8.92. The molecule has 0 unspecified atom stereocenters. The molecule has 0 atom stereocenters. The number of thioether (sulfide) groups is 1. The summed E-state index contributed by atoms with van der Waals surface area (Å²) in [5.74, 6) is 3.20. The predicted octanol–water partition coefficient (Wildman–Crippen LogP) is 4.79. The van der Waals surface area contributed by atoms with Gasteiger partial charge in [-0.05, 0) is 43.3 Å². The van der Waals surface area contributed by atoms with Crippen LogP contribution in [0.15, 0.2) is 41.6 Å². The number of hydrogen-bond donors (Lipinski definition) is 0. The molecule has 1 aromatic heterocycles. The lowest BCUT2D eigenvalue weighted by molar-refractivity contribution is -0.0168. The van der Waals surface area contributed by atoms with E-state index in [0.29, 0.717) is 17.4 Å². The largest absolute Gasteiger partial charge is 0.497 e. The second kappa shape index (κ2) is 8.43. The highest BCUT2D eigenvalue weighted by Crippen LogP contribution is 2.36. The Bertz CT molecular complexity index is 976. The minimum atomic E-state index is 0.263. The highest BCUT2D eigenvalue weighted by Gasteiger charge is 2.19. The summed E-state index contributed by atoms with van der Waals surface area (Å²) in [7, 11) is 1.66. The Labute approximate surface area is 172 Å². The molecule has 1 aliphatic rings. The van der Waals surface area contributed by atoms with E-state index in [4.69, 9.17) is 25.8 Å². The summed E-state index contributed by atoms with van der Waals surface area (Å²) >= 11 is 7.88. The van der Waals surface area contributed by atoms with E-state index in [1.54, 1.807) is 18.9 Å². The van der Waals surface area contributed by atoms with Gasteiger partial charge in [0.05, 0.1) is 13.7 Å². The summed E-state index contributed by atoms with van der Waals surface area (Å²) in [5.41, 5.74) is 3.01. The maximum atomic E-state index is 6.27. The van der Waals surface area contributed by atoms with Crippen molar-refractivity contribution in [3.63, 3.8) is 0 Å². The van der Waals surface area contributed by atoms with Crippen molar-refractivity contribution in [3.8, 4) is 22.9 Å².